The molecular formula is C15H19F3. The second-order valence-corrected chi connectivity index (χ2v) is 4.58. The van der Waals surface area contributed by atoms with E-state index in [0.29, 0.717) is 12.8 Å². The van der Waals surface area contributed by atoms with Crippen LogP contribution >= 0.6 is 0 Å². The highest BCUT2D eigenvalue weighted by molar-refractivity contribution is 5.31. The fourth-order valence-electron chi connectivity index (χ4n) is 1.96. The van der Waals surface area contributed by atoms with E-state index in [9.17, 15) is 13.2 Å². The first kappa shape index (κ1) is 14.8. The lowest BCUT2D eigenvalue weighted by Gasteiger charge is -2.11. The van der Waals surface area contributed by atoms with E-state index in [0.717, 1.165) is 12.0 Å². The molecular weight excluding hydrogens is 237 g/mol. The van der Waals surface area contributed by atoms with Crippen molar-refractivity contribution in [3.63, 3.8) is 0 Å². The molecule has 0 heterocycles. The fourth-order valence-corrected chi connectivity index (χ4v) is 1.96. The molecule has 0 radical (unpaired) electrons. The molecule has 0 fully saturated rings. The molecule has 0 aromatic heterocycles. The van der Waals surface area contributed by atoms with Crippen molar-refractivity contribution in [1.82, 2.24) is 0 Å². The van der Waals surface area contributed by atoms with Crippen molar-refractivity contribution in [3.05, 3.63) is 47.0 Å². The minimum Gasteiger partial charge on any atom is -0.167 e. The van der Waals surface area contributed by atoms with Gasteiger partial charge in [0, 0.05) is 5.57 Å². The van der Waals surface area contributed by atoms with Gasteiger partial charge in [-0.15, -0.1) is 0 Å². The third-order valence-corrected chi connectivity index (χ3v) is 3.07. The molecule has 0 aliphatic rings. The zero-order valence-corrected chi connectivity index (χ0v) is 10.9. The molecule has 1 aromatic carbocycles. The van der Waals surface area contributed by atoms with Crippen LogP contribution in [0.5, 0.6) is 0 Å². The molecule has 0 aliphatic carbocycles. The zero-order valence-electron chi connectivity index (χ0n) is 10.9. The number of hydrogen-bond acceptors (Lipinski definition) is 0. The van der Waals surface area contributed by atoms with Gasteiger partial charge in [0.1, 0.15) is 0 Å². The van der Waals surface area contributed by atoms with E-state index in [1.165, 1.54) is 11.1 Å². The first-order valence-electron chi connectivity index (χ1n) is 6.18. The van der Waals surface area contributed by atoms with Crippen molar-refractivity contribution in [2.45, 2.75) is 45.7 Å². The lowest BCUT2D eigenvalue weighted by Crippen LogP contribution is -2.10. The van der Waals surface area contributed by atoms with Gasteiger partial charge in [-0.1, -0.05) is 37.3 Å². The minimum absolute atomic E-state index is 0.0144. The SMILES string of the molecule is C=C(CCCc1ccc(C)cc1CC)C(F)(F)F. The monoisotopic (exact) mass is 256 g/mol. The standard InChI is InChI=1S/C15H19F3/c1-4-13-10-11(2)8-9-14(13)7-5-6-12(3)15(16,17)18/h8-10H,3-7H2,1-2H3. The van der Waals surface area contributed by atoms with Crippen LogP contribution in [0.2, 0.25) is 0 Å². The van der Waals surface area contributed by atoms with Crippen LogP contribution < -0.4 is 0 Å². The molecule has 100 valence electrons. The minimum atomic E-state index is -4.25. The van der Waals surface area contributed by atoms with E-state index < -0.39 is 11.7 Å². The number of rotatable bonds is 5. The van der Waals surface area contributed by atoms with E-state index in [1.54, 1.807) is 0 Å². The van der Waals surface area contributed by atoms with Gasteiger partial charge >= 0.3 is 6.18 Å². The maximum Gasteiger partial charge on any atom is 0.412 e. The van der Waals surface area contributed by atoms with Crippen molar-refractivity contribution in [3.8, 4) is 0 Å². The molecule has 18 heavy (non-hydrogen) atoms. The molecule has 0 nitrogen and oxygen atoms in total. The van der Waals surface area contributed by atoms with Gasteiger partial charge in [0.05, 0.1) is 0 Å². The maximum absolute atomic E-state index is 12.3. The molecule has 1 rings (SSSR count). The second-order valence-electron chi connectivity index (χ2n) is 4.58. The van der Waals surface area contributed by atoms with Crippen LogP contribution in [-0.4, -0.2) is 6.18 Å². The molecule has 0 atom stereocenters. The van der Waals surface area contributed by atoms with Crippen molar-refractivity contribution in [2.75, 3.05) is 0 Å². The van der Waals surface area contributed by atoms with Gasteiger partial charge in [-0.3, -0.25) is 0 Å². The third-order valence-electron chi connectivity index (χ3n) is 3.07. The highest BCUT2D eigenvalue weighted by Gasteiger charge is 2.30. The molecule has 0 saturated heterocycles. The first-order valence-corrected chi connectivity index (χ1v) is 6.18. The molecule has 0 saturated carbocycles. The average molecular weight is 256 g/mol. The molecule has 3 heteroatoms. The van der Waals surface area contributed by atoms with Crippen molar-refractivity contribution < 1.29 is 13.2 Å². The zero-order chi connectivity index (χ0) is 13.8. The van der Waals surface area contributed by atoms with Crippen LogP contribution in [0.1, 0.15) is 36.5 Å². The van der Waals surface area contributed by atoms with Gasteiger partial charge in [0.15, 0.2) is 0 Å². The van der Waals surface area contributed by atoms with Crippen molar-refractivity contribution in [1.29, 1.82) is 0 Å². The third kappa shape index (κ3) is 4.21. The quantitative estimate of drug-likeness (QED) is 0.650. The topological polar surface area (TPSA) is 0 Å². The van der Waals surface area contributed by atoms with Crippen LogP contribution in [0.15, 0.2) is 30.4 Å². The molecule has 0 aliphatic heterocycles. The van der Waals surface area contributed by atoms with E-state index >= 15 is 0 Å². The Hall–Kier alpha value is -1.25. The number of alkyl halides is 3. The molecule has 0 N–H and O–H groups in total. The average Bonchev–Trinajstić information content (AvgIpc) is 2.29. The van der Waals surface area contributed by atoms with Crippen LogP contribution in [0.25, 0.3) is 0 Å². The summed E-state index contributed by atoms with van der Waals surface area (Å²) in [5, 5.41) is 0. The summed E-state index contributed by atoms with van der Waals surface area (Å²) in [6, 6.07) is 6.13. The summed E-state index contributed by atoms with van der Waals surface area (Å²) >= 11 is 0. The predicted molar refractivity (Wildman–Crippen MR) is 68.7 cm³/mol. The van der Waals surface area contributed by atoms with Crippen molar-refractivity contribution in [2.24, 2.45) is 0 Å². The van der Waals surface area contributed by atoms with Crippen LogP contribution in [0.3, 0.4) is 0 Å². The highest BCUT2D eigenvalue weighted by atomic mass is 19.4. The number of allylic oxidation sites excluding steroid dienone is 1. The lowest BCUT2D eigenvalue weighted by molar-refractivity contribution is -0.0937. The lowest BCUT2D eigenvalue weighted by atomic mass is 9.97. The molecule has 1 aromatic rings. The Morgan fingerprint density at radius 3 is 2.44 bits per heavy atom. The van der Waals surface area contributed by atoms with E-state index in [-0.39, 0.29) is 6.42 Å². The van der Waals surface area contributed by atoms with Gasteiger partial charge in [0.25, 0.3) is 0 Å². The molecule has 0 bridgehead atoms. The smallest absolute Gasteiger partial charge is 0.167 e. The van der Waals surface area contributed by atoms with Gasteiger partial charge in [0.2, 0.25) is 0 Å². The summed E-state index contributed by atoms with van der Waals surface area (Å²) in [4.78, 5) is 0. The Bertz CT molecular complexity index is 416. The molecule has 0 spiro atoms. The summed E-state index contributed by atoms with van der Waals surface area (Å²) in [5.74, 6) is 0. The van der Waals surface area contributed by atoms with E-state index in [4.69, 9.17) is 0 Å². The highest BCUT2D eigenvalue weighted by Crippen LogP contribution is 2.28. The number of aryl methyl sites for hydroxylation is 3. The Balaban J connectivity index is 2.57. The largest absolute Gasteiger partial charge is 0.412 e. The fraction of sp³-hybridized carbons (Fsp3) is 0.467. The Kier molecular flexibility index (Phi) is 5.00. The van der Waals surface area contributed by atoms with Crippen LogP contribution in [0, 0.1) is 6.92 Å². The van der Waals surface area contributed by atoms with Gasteiger partial charge in [-0.2, -0.15) is 13.2 Å². The van der Waals surface area contributed by atoms with Gasteiger partial charge in [-0.25, -0.2) is 0 Å². The Morgan fingerprint density at radius 1 is 1.22 bits per heavy atom. The normalized spacial score (nSPS) is 11.6. The Morgan fingerprint density at radius 2 is 1.89 bits per heavy atom. The number of halogens is 3. The maximum atomic E-state index is 12.3. The second kappa shape index (κ2) is 6.07. The van der Waals surface area contributed by atoms with Crippen LogP contribution in [-0.2, 0) is 12.8 Å². The summed E-state index contributed by atoms with van der Waals surface area (Å²) in [5.41, 5.74) is 2.94. The number of benzene rings is 1. The molecule has 0 amide bonds. The summed E-state index contributed by atoms with van der Waals surface area (Å²) in [6.45, 7) is 7.17. The van der Waals surface area contributed by atoms with E-state index in [2.05, 4.69) is 19.6 Å². The Labute approximate surface area is 107 Å². The van der Waals surface area contributed by atoms with Gasteiger partial charge < -0.3 is 0 Å². The molecule has 0 unspecified atom stereocenters. The van der Waals surface area contributed by atoms with E-state index in [1.807, 2.05) is 19.1 Å². The van der Waals surface area contributed by atoms with Crippen molar-refractivity contribution >= 4 is 0 Å². The first-order chi connectivity index (χ1) is 8.34. The van der Waals surface area contributed by atoms with Crippen LogP contribution in [0.4, 0.5) is 13.2 Å². The summed E-state index contributed by atoms with van der Waals surface area (Å²) in [6.07, 6.45) is -2.15. The summed E-state index contributed by atoms with van der Waals surface area (Å²) < 4.78 is 36.8. The predicted octanol–water partition coefficient (Wildman–Crippen LogP) is 5.00. The number of hydrogen-bond donors (Lipinski definition) is 0. The summed E-state index contributed by atoms with van der Waals surface area (Å²) in [7, 11) is 0. The van der Waals surface area contributed by atoms with Gasteiger partial charge in [-0.05, 0) is 43.7 Å².